The number of carbonyl (C=O) groups is 3. The van der Waals surface area contributed by atoms with E-state index in [4.69, 9.17) is 11.6 Å². The average Bonchev–Trinajstić information content (AvgIpc) is 3.38. The van der Waals surface area contributed by atoms with Gasteiger partial charge < -0.3 is 9.88 Å². The predicted octanol–water partition coefficient (Wildman–Crippen LogP) is 7.28. The maximum Gasteiger partial charge on any atom is 0.294 e. The summed E-state index contributed by atoms with van der Waals surface area (Å²) in [5, 5.41) is 3.45. The van der Waals surface area contributed by atoms with Crippen LogP contribution in [0.3, 0.4) is 0 Å². The highest BCUT2D eigenvalue weighted by atomic mass is 35.5. The molecule has 0 bridgehead atoms. The van der Waals surface area contributed by atoms with E-state index in [-0.39, 0.29) is 11.4 Å². The topological polar surface area (TPSA) is 71.4 Å². The molecule has 3 aromatic carbocycles. The minimum Gasteiger partial charge on any atom is -0.342 e. The molecule has 0 spiro atoms. The number of aromatic nitrogens is 1. The Morgan fingerprint density at radius 1 is 1.08 bits per heavy atom. The number of imide groups is 1. The molecule has 0 unspecified atom stereocenters. The molecule has 5 rings (SSSR count). The van der Waals surface area contributed by atoms with E-state index in [2.05, 4.69) is 19.2 Å². The number of hydrogen-bond acceptors (Lipinski definition) is 4. The zero-order valence-corrected chi connectivity index (χ0v) is 22.9. The Bertz CT molecular complexity index is 1630. The standard InChI is InChI=1S/C30H25ClFN3O3S/c1-18(2)19-8-11-23(12-9-19)33-28(36)17-35-29(37)27(39-30(35)38)13-21-16-34(26-6-4-3-5-24(21)26)15-20-7-10-22(32)14-25(20)31/h3-14,16,18H,15,17H2,1-2H3,(H,33,36)/b27-13-. The summed E-state index contributed by atoms with van der Waals surface area (Å²) in [6.07, 6.45) is 3.53. The van der Waals surface area contributed by atoms with Crippen molar-refractivity contribution in [3.63, 3.8) is 0 Å². The molecule has 1 aliphatic rings. The Labute approximate surface area is 234 Å². The molecule has 1 N–H and O–H groups in total. The molecule has 198 valence electrons. The molecule has 0 aliphatic carbocycles. The smallest absolute Gasteiger partial charge is 0.294 e. The van der Waals surface area contributed by atoms with E-state index in [1.807, 2.05) is 47.2 Å². The molecule has 1 saturated heterocycles. The summed E-state index contributed by atoms with van der Waals surface area (Å²) in [7, 11) is 0. The lowest BCUT2D eigenvalue weighted by Crippen LogP contribution is -2.36. The van der Waals surface area contributed by atoms with Crippen LogP contribution in [0.4, 0.5) is 14.9 Å². The van der Waals surface area contributed by atoms with Crippen LogP contribution in [0.1, 0.15) is 36.5 Å². The molecule has 4 aromatic rings. The number of carbonyl (C=O) groups excluding carboxylic acids is 3. The molecule has 0 radical (unpaired) electrons. The van der Waals surface area contributed by atoms with Gasteiger partial charge in [0, 0.05) is 39.9 Å². The van der Waals surface area contributed by atoms with Crippen LogP contribution in [0.2, 0.25) is 5.02 Å². The lowest BCUT2D eigenvalue weighted by molar-refractivity contribution is -0.127. The fourth-order valence-corrected chi connectivity index (χ4v) is 5.48. The first-order valence-corrected chi connectivity index (χ1v) is 13.6. The van der Waals surface area contributed by atoms with Crippen LogP contribution in [0, 0.1) is 5.82 Å². The molecule has 1 aliphatic heterocycles. The quantitative estimate of drug-likeness (QED) is 0.241. The van der Waals surface area contributed by atoms with Crippen LogP contribution in [0.15, 0.2) is 77.8 Å². The normalized spacial score (nSPS) is 14.7. The van der Waals surface area contributed by atoms with Crippen LogP contribution >= 0.6 is 23.4 Å². The SMILES string of the molecule is CC(C)c1ccc(NC(=O)CN2C(=O)S/C(=C\c3cn(Cc4ccc(F)cc4Cl)c4ccccc34)C2=O)cc1. The van der Waals surface area contributed by atoms with Crippen molar-refractivity contribution in [1.82, 2.24) is 9.47 Å². The van der Waals surface area contributed by atoms with E-state index >= 15 is 0 Å². The highest BCUT2D eigenvalue weighted by Gasteiger charge is 2.36. The summed E-state index contributed by atoms with van der Waals surface area (Å²) in [6.45, 7) is 4.19. The first kappa shape index (κ1) is 26.7. The highest BCUT2D eigenvalue weighted by Crippen LogP contribution is 2.34. The number of amides is 3. The van der Waals surface area contributed by atoms with Crippen molar-refractivity contribution in [2.45, 2.75) is 26.3 Å². The number of benzene rings is 3. The molecule has 0 saturated carbocycles. The van der Waals surface area contributed by atoms with Gasteiger partial charge in [0.25, 0.3) is 11.1 Å². The Hall–Kier alpha value is -3.88. The van der Waals surface area contributed by atoms with Gasteiger partial charge in [-0.1, -0.05) is 61.8 Å². The molecule has 39 heavy (non-hydrogen) atoms. The van der Waals surface area contributed by atoms with E-state index in [0.717, 1.165) is 44.3 Å². The van der Waals surface area contributed by atoms with Crippen molar-refractivity contribution in [3.05, 3.63) is 105 Å². The Morgan fingerprint density at radius 2 is 1.82 bits per heavy atom. The summed E-state index contributed by atoms with van der Waals surface area (Å²) < 4.78 is 15.5. The van der Waals surface area contributed by atoms with Gasteiger partial charge in [0.1, 0.15) is 12.4 Å². The van der Waals surface area contributed by atoms with Gasteiger partial charge in [-0.15, -0.1) is 0 Å². The van der Waals surface area contributed by atoms with Crippen molar-refractivity contribution in [2.24, 2.45) is 0 Å². The Morgan fingerprint density at radius 3 is 2.54 bits per heavy atom. The maximum atomic E-state index is 13.5. The van der Waals surface area contributed by atoms with Crippen LogP contribution in [0.5, 0.6) is 0 Å². The first-order chi connectivity index (χ1) is 18.7. The molecule has 1 aromatic heterocycles. The van der Waals surface area contributed by atoms with E-state index in [1.165, 1.54) is 12.1 Å². The van der Waals surface area contributed by atoms with Crippen molar-refractivity contribution in [2.75, 3.05) is 11.9 Å². The van der Waals surface area contributed by atoms with Gasteiger partial charge >= 0.3 is 0 Å². The van der Waals surface area contributed by atoms with Gasteiger partial charge in [0.15, 0.2) is 0 Å². The minimum absolute atomic E-state index is 0.233. The number of rotatable bonds is 7. The number of nitrogens with one attached hydrogen (secondary N) is 1. The second-order valence-corrected chi connectivity index (χ2v) is 11.0. The molecule has 3 amide bonds. The number of thioether (sulfide) groups is 1. The lowest BCUT2D eigenvalue weighted by atomic mass is 10.0. The third-order valence-electron chi connectivity index (χ3n) is 6.50. The zero-order valence-electron chi connectivity index (χ0n) is 21.3. The van der Waals surface area contributed by atoms with E-state index in [1.54, 1.807) is 24.3 Å². The minimum atomic E-state index is -0.520. The number of halogens is 2. The maximum absolute atomic E-state index is 13.5. The summed E-state index contributed by atoms with van der Waals surface area (Å²) in [5.74, 6) is -1.01. The molecule has 6 nitrogen and oxygen atoms in total. The summed E-state index contributed by atoms with van der Waals surface area (Å²) in [5.41, 5.74) is 4.12. The van der Waals surface area contributed by atoms with Gasteiger partial charge in [0.2, 0.25) is 5.91 Å². The molecule has 0 atom stereocenters. The van der Waals surface area contributed by atoms with Crippen molar-refractivity contribution in [3.8, 4) is 0 Å². The number of hydrogen-bond donors (Lipinski definition) is 1. The molecule has 2 heterocycles. The fourth-order valence-electron chi connectivity index (χ4n) is 4.43. The van der Waals surface area contributed by atoms with E-state index in [9.17, 15) is 18.8 Å². The van der Waals surface area contributed by atoms with Crippen LogP contribution in [-0.4, -0.2) is 33.1 Å². The number of nitrogens with zero attached hydrogens (tertiary/aromatic N) is 2. The van der Waals surface area contributed by atoms with Gasteiger partial charge in [-0.25, -0.2) is 4.39 Å². The second-order valence-electron chi connectivity index (χ2n) is 9.56. The van der Waals surface area contributed by atoms with Crippen LogP contribution in [-0.2, 0) is 16.1 Å². The average molecular weight is 562 g/mol. The molecule has 1 fully saturated rings. The third-order valence-corrected chi connectivity index (χ3v) is 7.76. The highest BCUT2D eigenvalue weighted by molar-refractivity contribution is 8.18. The summed E-state index contributed by atoms with van der Waals surface area (Å²) >= 11 is 7.05. The number of para-hydroxylation sites is 1. The first-order valence-electron chi connectivity index (χ1n) is 12.4. The van der Waals surface area contributed by atoms with E-state index < -0.39 is 22.9 Å². The predicted molar refractivity (Wildman–Crippen MR) is 154 cm³/mol. The van der Waals surface area contributed by atoms with Crippen LogP contribution in [0.25, 0.3) is 17.0 Å². The van der Waals surface area contributed by atoms with Crippen LogP contribution < -0.4 is 5.32 Å². The van der Waals surface area contributed by atoms with E-state index in [0.29, 0.717) is 23.2 Å². The van der Waals surface area contributed by atoms with Gasteiger partial charge in [-0.3, -0.25) is 19.3 Å². The largest absolute Gasteiger partial charge is 0.342 e. The summed E-state index contributed by atoms with van der Waals surface area (Å²) in [6, 6.07) is 19.4. The van der Waals surface area contributed by atoms with Crippen molar-refractivity contribution < 1.29 is 18.8 Å². The fraction of sp³-hybridized carbons (Fsp3) is 0.167. The Balaban J connectivity index is 1.35. The van der Waals surface area contributed by atoms with Gasteiger partial charge in [-0.2, -0.15) is 0 Å². The second kappa shape index (κ2) is 11.1. The van der Waals surface area contributed by atoms with Gasteiger partial charge in [0.05, 0.1) is 4.91 Å². The molecular formula is C30H25ClFN3O3S. The number of anilines is 1. The summed E-state index contributed by atoms with van der Waals surface area (Å²) in [4.78, 5) is 39.6. The van der Waals surface area contributed by atoms with Gasteiger partial charge in [-0.05, 0) is 65.2 Å². The zero-order chi connectivity index (χ0) is 27.7. The molecular weight excluding hydrogens is 537 g/mol. The monoisotopic (exact) mass is 561 g/mol. The lowest BCUT2D eigenvalue weighted by Gasteiger charge is -2.13. The Kier molecular flexibility index (Phi) is 7.59. The van der Waals surface area contributed by atoms with Crippen molar-refractivity contribution >= 4 is 63.1 Å². The third kappa shape index (κ3) is 5.77. The number of fused-ring (bicyclic) bond motifs is 1. The van der Waals surface area contributed by atoms with Crippen molar-refractivity contribution in [1.29, 1.82) is 0 Å². The molecule has 9 heteroatoms.